The predicted octanol–water partition coefficient (Wildman–Crippen LogP) is -0.809. The topological polar surface area (TPSA) is 44.3 Å². The zero-order chi connectivity index (χ0) is 5.28. The van der Waals surface area contributed by atoms with Crippen LogP contribution in [0.3, 0.4) is 0 Å². The molecule has 1 saturated heterocycles. The van der Waals surface area contributed by atoms with Crippen molar-refractivity contribution in [3.05, 3.63) is 0 Å². The third-order valence-electron chi connectivity index (χ3n) is 1.07. The van der Waals surface area contributed by atoms with Gasteiger partial charge in [-0.05, 0) is 6.92 Å². The normalized spacial score (nSPS) is 42.0. The van der Waals surface area contributed by atoms with Crippen LogP contribution in [-0.2, 0) is 0 Å². The van der Waals surface area contributed by atoms with E-state index >= 15 is 0 Å². The largest absolute Gasteiger partial charge is 0.377 e. The third-order valence-corrected chi connectivity index (χ3v) is 1.07. The molecule has 0 aromatic heterocycles. The van der Waals surface area contributed by atoms with Gasteiger partial charge < -0.3 is 5.11 Å². The van der Waals surface area contributed by atoms with E-state index in [1.807, 2.05) is 6.92 Å². The molecule has 1 heterocycles. The van der Waals surface area contributed by atoms with Crippen LogP contribution in [-0.4, -0.2) is 17.4 Å². The summed E-state index contributed by atoms with van der Waals surface area (Å²) in [5, 5.41) is 8.73. The molecule has 0 spiro atoms. The second kappa shape index (κ2) is 1.78. The molecule has 42 valence electrons. The fourth-order valence-electron chi connectivity index (χ4n) is 0.691. The lowest BCUT2D eigenvalue weighted by Crippen LogP contribution is -2.31. The van der Waals surface area contributed by atoms with Gasteiger partial charge in [0.1, 0.15) is 6.23 Å². The quantitative estimate of drug-likeness (QED) is 0.375. The van der Waals surface area contributed by atoms with Crippen molar-refractivity contribution in [2.24, 2.45) is 0 Å². The fraction of sp³-hybridized carbons (Fsp3) is 1.00. The van der Waals surface area contributed by atoms with E-state index in [1.54, 1.807) is 0 Å². The molecule has 3 heteroatoms. The van der Waals surface area contributed by atoms with Gasteiger partial charge in [0.2, 0.25) is 0 Å². The minimum Gasteiger partial charge on any atom is -0.377 e. The summed E-state index contributed by atoms with van der Waals surface area (Å²) in [6.45, 7) is 2.02. The lowest BCUT2D eigenvalue weighted by atomic mass is 10.3. The van der Waals surface area contributed by atoms with Crippen LogP contribution in [0.1, 0.15) is 13.3 Å². The smallest absolute Gasteiger partial charge is 0.118 e. The summed E-state index contributed by atoms with van der Waals surface area (Å²) in [7, 11) is 0. The minimum atomic E-state index is -0.338. The maximum absolute atomic E-state index is 8.73. The molecule has 7 heavy (non-hydrogen) atoms. The van der Waals surface area contributed by atoms with Crippen molar-refractivity contribution in [2.45, 2.75) is 25.6 Å². The molecular formula is C4H10N2O. The Hall–Kier alpha value is -0.120. The summed E-state index contributed by atoms with van der Waals surface area (Å²) in [4.78, 5) is 0. The van der Waals surface area contributed by atoms with Crippen molar-refractivity contribution < 1.29 is 5.11 Å². The third kappa shape index (κ3) is 1.12. The van der Waals surface area contributed by atoms with Crippen molar-refractivity contribution in [1.29, 1.82) is 0 Å². The van der Waals surface area contributed by atoms with Crippen LogP contribution in [0.15, 0.2) is 0 Å². The van der Waals surface area contributed by atoms with E-state index in [-0.39, 0.29) is 6.23 Å². The second-order valence-corrected chi connectivity index (χ2v) is 1.94. The molecule has 0 radical (unpaired) electrons. The molecule has 0 aromatic carbocycles. The van der Waals surface area contributed by atoms with Gasteiger partial charge in [-0.25, -0.2) is 5.43 Å². The Kier molecular flexibility index (Phi) is 1.27. The van der Waals surface area contributed by atoms with E-state index in [2.05, 4.69) is 10.9 Å². The van der Waals surface area contributed by atoms with Gasteiger partial charge in [-0.3, -0.25) is 5.43 Å². The number of aliphatic hydroxyl groups is 1. The monoisotopic (exact) mass is 102 g/mol. The molecule has 1 rings (SSSR count). The maximum atomic E-state index is 8.73. The van der Waals surface area contributed by atoms with Crippen LogP contribution in [0, 0.1) is 0 Å². The van der Waals surface area contributed by atoms with E-state index in [9.17, 15) is 0 Å². The summed E-state index contributed by atoms with van der Waals surface area (Å²) in [6, 6.07) is 0.412. The molecule has 0 amide bonds. The summed E-state index contributed by atoms with van der Waals surface area (Å²) in [5.74, 6) is 0. The molecule has 3 N–H and O–H groups in total. The minimum absolute atomic E-state index is 0.338. The molecule has 0 bridgehead atoms. The summed E-state index contributed by atoms with van der Waals surface area (Å²) in [6.07, 6.45) is 0.468. The zero-order valence-electron chi connectivity index (χ0n) is 4.31. The highest BCUT2D eigenvalue weighted by atomic mass is 16.3. The van der Waals surface area contributed by atoms with Crippen molar-refractivity contribution in [1.82, 2.24) is 10.9 Å². The Labute approximate surface area is 42.7 Å². The molecule has 1 fully saturated rings. The van der Waals surface area contributed by atoms with Gasteiger partial charge in [0.25, 0.3) is 0 Å². The Bertz CT molecular complexity index is 58.7. The predicted molar refractivity (Wildman–Crippen MR) is 26.4 cm³/mol. The van der Waals surface area contributed by atoms with Crippen molar-refractivity contribution in [3.63, 3.8) is 0 Å². The van der Waals surface area contributed by atoms with Crippen LogP contribution < -0.4 is 10.9 Å². The van der Waals surface area contributed by atoms with Crippen LogP contribution in [0.25, 0.3) is 0 Å². The highest BCUT2D eigenvalue weighted by Gasteiger charge is 2.15. The van der Waals surface area contributed by atoms with Crippen molar-refractivity contribution in [3.8, 4) is 0 Å². The fourth-order valence-corrected chi connectivity index (χ4v) is 0.691. The van der Waals surface area contributed by atoms with E-state index in [1.165, 1.54) is 0 Å². The number of hydrogen-bond donors (Lipinski definition) is 3. The number of aliphatic hydroxyl groups excluding tert-OH is 1. The van der Waals surface area contributed by atoms with E-state index in [0.717, 1.165) is 6.42 Å². The van der Waals surface area contributed by atoms with Crippen LogP contribution in [0.5, 0.6) is 0 Å². The Balaban J connectivity index is 2.26. The molecule has 1 aliphatic rings. The molecule has 2 unspecified atom stereocenters. The zero-order valence-corrected chi connectivity index (χ0v) is 4.31. The molecule has 0 saturated carbocycles. The van der Waals surface area contributed by atoms with E-state index < -0.39 is 0 Å². The average Bonchev–Trinajstić information content (AvgIpc) is 1.87. The van der Waals surface area contributed by atoms with Gasteiger partial charge in [0.15, 0.2) is 0 Å². The highest BCUT2D eigenvalue weighted by Crippen LogP contribution is 1.98. The van der Waals surface area contributed by atoms with Gasteiger partial charge in [0.05, 0.1) is 0 Å². The van der Waals surface area contributed by atoms with Crippen LogP contribution >= 0.6 is 0 Å². The van der Waals surface area contributed by atoms with Gasteiger partial charge in [-0.1, -0.05) is 0 Å². The number of hydrazine groups is 1. The molecule has 0 aliphatic carbocycles. The number of hydrogen-bond acceptors (Lipinski definition) is 3. The first-order valence-corrected chi connectivity index (χ1v) is 2.48. The molecular weight excluding hydrogens is 92.1 g/mol. The highest BCUT2D eigenvalue weighted by molar-refractivity contribution is 4.68. The summed E-state index contributed by atoms with van der Waals surface area (Å²) >= 11 is 0. The first-order valence-electron chi connectivity index (χ1n) is 2.48. The van der Waals surface area contributed by atoms with Crippen LogP contribution in [0.2, 0.25) is 0 Å². The first-order chi connectivity index (χ1) is 3.29. The molecule has 1 aliphatic heterocycles. The molecule has 0 aromatic rings. The van der Waals surface area contributed by atoms with E-state index in [4.69, 9.17) is 5.11 Å². The summed E-state index contributed by atoms with van der Waals surface area (Å²) in [5.41, 5.74) is 5.54. The second-order valence-electron chi connectivity index (χ2n) is 1.94. The molecule has 2 atom stereocenters. The van der Waals surface area contributed by atoms with Gasteiger partial charge in [-0.2, -0.15) is 0 Å². The van der Waals surface area contributed by atoms with Crippen molar-refractivity contribution in [2.75, 3.05) is 0 Å². The molecule has 3 nitrogen and oxygen atoms in total. The lowest BCUT2D eigenvalue weighted by Gasteiger charge is -1.94. The van der Waals surface area contributed by atoms with Gasteiger partial charge in [0, 0.05) is 12.5 Å². The summed E-state index contributed by atoms with van der Waals surface area (Å²) < 4.78 is 0. The maximum Gasteiger partial charge on any atom is 0.118 e. The van der Waals surface area contributed by atoms with Crippen LogP contribution in [0.4, 0.5) is 0 Å². The standard InChI is InChI=1S/C4H10N2O/c1-3-2-4(7)6-5-3/h3-7H,2H2,1H3. The Morgan fingerprint density at radius 2 is 2.29 bits per heavy atom. The number of rotatable bonds is 0. The lowest BCUT2D eigenvalue weighted by molar-refractivity contribution is 0.153. The van der Waals surface area contributed by atoms with Gasteiger partial charge >= 0.3 is 0 Å². The Morgan fingerprint density at radius 1 is 1.57 bits per heavy atom. The van der Waals surface area contributed by atoms with Crippen molar-refractivity contribution >= 4 is 0 Å². The van der Waals surface area contributed by atoms with Gasteiger partial charge in [-0.15, -0.1) is 0 Å². The average molecular weight is 102 g/mol. The number of nitrogens with one attached hydrogen (secondary N) is 2. The first kappa shape index (κ1) is 5.03. The SMILES string of the molecule is CC1CC(O)NN1. The Morgan fingerprint density at radius 3 is 2.43 bits per heavy atom. The van der Waals surface area contributed by atoms with E-state index in [0.29, 0.717) is 6.04 Å².